The van der Waals surface area contributed by atoms with Gasteiger partial charge in [0.05, 0.1) is 6.61 Å². The van der Waals surface area contributed by atoms with Crippen LogP contribution in [0.3, 0.4) is 0 Å². The number of benzene rings is 2. The minimum atomic E-state index is 0.433. The number of ether oxygens (including phenoxy) is 1. The molecule has 2 aromatic carbocycles. The highest BCUT2D eigenvalue weighted by atomic mass is 35.5. The second-order valence-electron chi connectivity index (χ2n) is 5.10. The highest BCUT2D eigenvalue weighted by Crippen LogP contribution is 2.28. The van der Waals surface area contributed by atoms with E-state index >= 15 is 0 Å². The van der Waals surface area contributed by atoms with Crippen LogP contribution in [0.1, 0.15) is 12.5 Å². The molecule has 3 aromatic rings. The van der Waals surface area contributed by atoms with Crippen molar-refractivity contribution in [1.29, 1.82) is 0 Å². The fraction of sp³-hybridized carbons (Fsp3) is 0.222. The van der Waals surface area contributed by atoms with Crippen molar-refractivity contribution in [2.24, 2.45) is 0 Å². The Labute approximate surface area is 140 Å². The first-order chi connectivity index (χ1) is 11.3. The Morgan fingerprint density at radius 1 is 1.13 bits per heavy atom. The molecule has 118 valence electrons. The third-order valence-electron chi connectivity index (χ3n) is 3.61. The first-order valence-corrected chi connectivity index (χ1v) is 8.00. The Bertz CT molecular complexity index is 807. The number of hydrogen-bond acceptors (Lipinski definition) is 4. The highest BCUT2D eigenvalue weighted by Gasteiger charge is 2.08. The number of nitrogens with one attached hydrogen (secondary N) is 1. The molecule has 0 radical (unpaired) electrons. The van der Waals surface area contributed by atoms with Gasteiger partial charge in [-0.25, -0.2) is 9.97 Å². The van der Waals surface area contributed by atoms with Crippen molar-refractivity contribution in [2.45, 2.75) is 13.3 Å². The number of halogens is 1. The number of fused-ring (bicyclic) bond motifs is 1. The van der Waals surface area contributed by atoms with Gasteiger partial charge >= 0.3 is 0 Å². The van der Waals surface area contributed by atoms with Crippen LogP contribution in [0.5, 0.6) is 5.75 Å². The molecule has 0 saturated heterocycles. The molecule has 0 aliphatic carbocycles. The molecule has 0 atom stereocenters. The Balaban J connectivity index is 1.81. The van der Waals surface area contributed by atoms with E-state index in [9.17, 15) is 0 Å². The first-order valence-electron chi connectivity index (χ1n) is 7.62. The van der Waals surface area contributed by atoms with E-state index in [0.717, 1.165) is 24.5 Å². The lowest BCUT2D eigenvalue weighted by Crippen LogP contribution is -2.08. The summed E-state index contributed by atoms with van der Waals surface area (Å²) in [6.45, 7) is 3.39. The molecular weight excluding hydrogens is 310 g/mol. The monoisotopic (exact) mass is 327 g/mol. The smallest absolute Gasteiger partial charge is 0.134 e. The number of rotatable bonds is 6. The lowest BCUT2D eigenvalue weighted by Gasteiger charge is -2.14. The van der Waals surface area contributed by atoms with Crippen LogP contribution in [-0.2, 0) is 6.42 Å². The summed E-state index contributed by atoms with van der Waals surface area (Å²) in [5, 5.41) is 6.15. The topological polar surface area (TPSA) is 47.0 Å². The van der Waals surface area contributed by atoms with Gasteiger partial charge in [0.15, 0.2) is 0 Å². The van der Waals surface area contributed by atoms with E-state index in [1.54, 1.807) is 6.07 Å². The van der Waals surface area contributed by atoms with Crippen LogP contribution in [0.4, 0.5) is 5.82 Å². The lowest BCUT2D eigenvalue weighted by molar-refractivity contribution is 0.337. The van der Waals surface area contributed by atoms with Gasteiger partial charge in [0.1, 0.15) is 23.0 Å². The van der Waals surface area contributed by atoms with Gasteiger partial charge in [0.2, 0.25) is 0 Å². The highest BCUT2D eigenvalue weighted by molar-refractivity contribution is 6.29. The maximum Gasteiger partial charge on any atom is 0.134 e. The third-order valence-corrected chi connectivity index (χ3v) is 3.82. The van der Waals surface area contributed by atoms with Crippen molar-refractivity contribution in [3.8, 4) is 5.75 Å². The minimum Gasteiger partial charge on any atom is -0.494 e. The van der Waals surface area contributed by atoms with Crippen molar-refractivity contribution in [3.05, 3.63) is 59.5 Å². The van der Waals surface area contributed by atoms with E-state index in [0.29, 0.717) is 11.8 Å². The van der Waals surface area contributed by atoms with Gasteiger partial charge in [-0.05, 0) is 30.2 Å². The molecule has 1 heterocycles. The van der Waals surface area contributed by atoms with Crippen molar-refractivity contribution in [3.63, 3.8) is 0 Å². The molecular formula is C18H18ClN3O. The normalized spacial score (nSPS) is 10.7. The van der Waals surface area contributed by atoms with Crippen LogP contribution >= 0.6 is 11.6 Å². The fourth-order valence-corrected chi connectivity index (χ4v) is 2.76. The van der Waals surface area contributed by atoms with Crippen LogP contribution in [0.15, 0.2) is 48.8 Å². The van der Waals surface area contributed by atoms with E-state index in [4.69, 9.17) is 16.3 Å². The Morgan fingerprint density at radius 3 is 2.83 bits per heavy atom. The molecule has 4 nitrogen and oxygen atoms in total. The summed E-state index contributed by atoms with van der Waals surface area (Å²) < 4.78 is 5.79. The van der Waals surface area contributed by atoms with Crippen LogP contribution in [-0.4, -0.2) is 23.1 Å². The van der Waals surface area contributed by atoms with Crippen molar-refractivity contribution in [1.82, 2.24) is 9.97 Å². The minimum absolute atomic E-state index is 0.433. The second kappa shape index (κ2) is 7.29. The quantitative estimate of drug-likeness (QED) is 0.684. The van der Waals surface area contributed by atoms with Gasteiger partial charge in [0, 0.05) is 18.2 Å². The van der Waals surface area contributed by atoms with Crippen LogP contribution in [0.2, 0.25) is 5.15 Å². The first kappa shape index (κ1) is 15.6. The van der Waals surface area contributed by atoms with E-state index < -0.39 is 0 Å². The number of aromatic nitrogens is 2. The van der Waals surface area contributed by atoms with Gasteiger partial charge in [-0.15, -0.1) is 0 Å². The van der Waals surface area contributed by atoms with Gasteiger partial charge in [-0.2, -0.15) is 0 Å². The van der Waals surface area contributed by atoms with Gasteiger partial charge in [-0.1, -0.05) is 41.9 Å². The standard InChI is InChI=1S/C18H18ClN3O/c1-2-23-16-8-7-13-5-3-4-6-14(13)15(16)9-10-20-18-11-17(19)21-12-22-18/h3-8,11-12H,2,9-10H2,1H3,(H,20,21,22). The lowest BCUT2D eigenvalue weighted by atomic mass is 10.0. The maximum absolute atomic E-state index is 5.87. The van der Waals surface area contributed by atoms with E-state index in [2.05, 4.69) is 39.6 Å². The van der Waals surface area contributed by atoms with Crippen LogP contribution in [0.25, 0.3) is 10.8 Å². The summed E-state index contributed by atoms with van der Waals surface area (Å²) in [5.74, 6) is 1.66. The number of hydrogen-bond donors (Lipinski definition) is 1. The number of nitrogens with zero attached hydrogens (tertiary/aromatic N) is 2. The summed E-state index contributed by atoms with van der Waals surface area (Å²) in [6, 6.07) is 14.2. The second-order valence-corrected chi connectivity index (χ2v) is 5.49. The zero-order chi connectivity index (χ0) is 16.1. The molecule has 0 spiro atoms. The van der Waals surface area contributed by atoms with Gasteiger partial charge < -0.3 is 10.1 Å². The summed E-state index contributed by atoms with van der Waals surface area (Å²) in [4.78, 5) is 8.03. The van der Waals surface area contributed by atoms with Gasteiger partial charge in [-0.3, -0.25) is 0 Å². The molecule has 0 unspecified atom stereocenters. The van der Waals surface area contributed by atoms with E-state index in [-0.39, 0.29) is 0 Å². The van der Waals surface area contributed by atoms with E-state index in [1.165, 1.54) is 22.7 Å². The molecule has 23 heavy (non-hydrogen) atoms. The fourth-order valence-electron chi connectivity index (χ4n) is 2.61. The van der Waals surface area contributed by atoms with Crippen molar-refractivity contribution in [2.75, 3.05) is 18.5 Å². The van der Waals surface area contributed by atoms with E-state index in [1.807, 2.05) is 19.1 Å². The zero-order valence-corrected chi connectivity index (χ0v) is 13.7. The average molecular weight is 328 g/mol. The maximum atomic E-state index is 5.87. The average Bonchev–Trinajstić information content (AvgIpc) is 2.57. The molecule has 0 aliphatic heterocycles. The van der Waals surface area contributed by atoms with Gasteiger partial charge in [0.25, 0.3) is 0 Å². The van der Waals surface area contributed by atoms with Crippen molar-refractivity contribution >= 4 is 28.2 Å². The summed E-state index contributed by atoms with van der Waals surface area (Å²) in [5.41, 5.74) is 1.21. The molecule has 0 saturated carbocycles. The molecule has 0 bridgehead atoms. The van der Waals surface area contributed by atoms with Crippen molar-refractivity contribution < 1.29 is 4.74 Å². The summed E-state index contributed by atoms with van der Waals surface area (Å²) in [7, 11) is 0. The Morgan fingerprint density at radius 2 is 2.00 bits per heavy atom. The number of anilines is 1. The predicted molar refractivity (Wildman–Crippen MR) is 94.4 cm³/mol. The largest absolute Gasteiger partial charge is 0.494 e. The molecule has 3 rings (SSSR count). The third kappa shape index (κ3) is 3.71. The van der Waals surface area contributed by atoms with Crippen LogP contribution < -0.4 is 10.1 Å². The SMILES string of the molecule is CCOc1ccc2ccccc2c1CCNc1cc(Cl)ncn1. The molecule has 1 aromatic heterocycles. The Kier molecular flexibility index (Phi) is 4.93. The Hall–Kier alpha value is -2.33. The predicted octanol–water partition coefficient (Wildman–Crippen LogP) is 4.34. The summed E-state index contributed by atoms with van der Waals surface area (Å²) in [6.07, 6.45) is 2.28. The van der Waals surface area contributed by atoms with Crippen LogP contribution in [0, 0.1) is 0 Å². The molecule has 0 amide bonds. The molecule has 0 aliphatic rings. The molecule has 0 fully saturated rings. The molecule has 5 heteroatoms. The summed E-state index contributed by atoms with van der Waals surface area (Å²) >= 11 is 5.87. The zero-order valence-electron chi connectivity index (χ0n) is 12.9. The molecule has 1 N–H and O–H groups in total.